The Labute approximate surface area is 170 Å². The van der Waals surface area contributed by atoms with Crippen molar-refractivity contribution in [2.24, 2.45) is 0 Å². The van der Waals surface area contributed by atoms with Gasteiger partial charge in [0.25, 0.3) is 5.91 Å². The van der Waals surface area contributed by atoms with Gasteiger partial charge in [0, 0.05) is 10.3 Å². The van der Waals surface area contributed by atoms with Crippen molar-refractivity contribution in [2.45, 2.75) is 19.5 Å². The van der Waals surface area contributed by atoms with Gasteiger partial charge in [0.1, 0.15) is 0 Å². The van der Waals surface area contributed by atoms with Crippen LogP contribution in [0.3, 0.4) is 0 Å². The van der Waals surface area contributed by atoms with Crippen molar-refractivity contribution >= 4 is 33.3 Å². The largest absolute Gasteiger partial charge is 0.346 e. The third-order valence-corrected chi connectivity index (χ3v) is 7.42. The van der Waals surface area contributed by atoms with Crippen molar-refractivity contribution in [1.82, 2.24) is 9.62 Å². The van der Waals surface area contributed by atoms with Crippen LogP contribution in [-0.4, -0.2) is 50.9 Å². The minimum absolute atomic E-state index is 0.00341. The summed E-state index contributed by atoms with van der Waals surface area (Å²) in [5.74, 6) is 0.00341. The summed E-state index contributed by atoms with van der Waals surface area (Å²) in [6.07, 6.45) is 1.62. The maximum absolute atomic E-state index is 12.6. The van der Waals surface area contributed by atoms with Gasteiger partial charge in [0.2, 0.25) is 10.0 Å². The third-order valence-electron chi connectivity index (χ3n) is 4.98. The molecule has 0 saturated carbocycles. The number of carbonyl (C=O) groups is 1. The first kappa shape index (κ1) is 20.7. The van der Waals surface area contributed by atoms with E-state index in [0.29, 0.717) is 32.7 Å². The Bertz CT molecular complexity index is 888. The van der Waals surface area contributed by atoms with Gasteiger partial charge in [-0.05, 0) is 30.0 Å². The van der Waals surface area contributed by atoms with Gasteiger partial charge in [-0.15, -0.1) is 11.3 Å². The lowest BCUT2D eigenvalue weighted by atomic mass is 10.2. The number of carbonyl (C=O) groups excluding carboxylic acids is 1. The number of nitrogens with zero attached hydrogens (tertiary/aromatic N) is 1. The maximum Gasteiger partial charge on any atom is 0.278 e. The van der Waals surface area contributed by atoms with E-state index in [1.807, 2.05) is 54.8 Å². The van der Waals surface area contributed by atoms with Crippen LogP contribution >= 0.6 is 11.3 Å². The average Bonchev–Trinajstić information content (AvgIpc) is 3.24. The summed E-state index contributed by atoms with van der Waals surface area (Å²) in [6.45, 7) is 4.51. The highest BCUT2D eigenvalue weighted by Crippen LogP contribution is 2.09. The molecule has 1 aliphatic rings. The van der Waals surface area contributed by atoms with Crippen molar-refractivity contribution in [3.63, 3.8) is 0 Å². The maximum atomic E-state index is 12.6. The lowest BCUT2D eigenvalue weighted by Crippen LogP contribution is -3.19. The fourth-order valence-electron chi connectivity index (χ4n) is 3.20. The Morgan fingerprint density at radius 3 is 2.57 bits per heavy atom. The highest BCUT2D eigenvalue weighted by atomic mass is 32.2. The second-order valence-electron chi connectivity index (χ2n) is 6.83. The van der Waals surface area contributed by atoms with E-state index in [9.17, 15) is 13.2 Å². The standard InChI is InChI=1S/C20H25N3O3S2/c1-17(20(24)21-16-19-8-5-14-27-19)22-10-12-23(13-11-22)28(25,26)15-9-18-6-3-2-4-7-18/h2-9,14-15,17H,10-13,16H2,1H3,(H,21,24)/p+1/b15-9+/t17-/m1/s1. The smallest absolute Gasteiger partial charge is 0.278 e. The van der Waals surface area contributed by atoms with Crippen molar-refractivity contribution in [3.8, 4) is 0 Å². The molecule has 1 aliphatic heterocycles. The molecule has 3 rings (SSSR count). The molecule has 1 amide bonds. The van der Waals surface area contributed by atoms with Gasteiger partial charge in [-0.25, -0.2) is 8.42 Å². The molecule has 1 atom stereocenters. The van der Waals surface area contributed by atoms with E-state index in [0.717, 1.165) is 15.3 Å². The van der Waals surface area contributed by atoms with E-state index < -0.39 is 10.0 Å². The molecule has 2 aromatic rings. The fourth-order valence-corrected chi connectivity index (χ4v) is 5.04. The second-order valence-corrected chi connectivity index (χ2v) is 9.69. The van der Waals surface area contributed by atoms with Crippen LogP contribution in [0.2, 0.25) is 0 Å². The van der Waals surface area contributed by atoms with Crippen LogP contribution in [0.15, 0.2) is 53.3 Å². The van der Waals surface area contributed by atoms with E-state index in [1.165, 1.54) is 9.71 Å². The number of rotatable bonds is 7. The van der Waals surface area contributed by atoms with Crippen LogP contribution in [0, 0.1) is 0 Å². The van der Waals surface area contributed by atoms with E-state index in [2.05, 4.69) is 5.32 Å². The molecule has 150 valence electrons. The van der Waals surface area contributed by atoms with E-state index in [4.69, 9.17) is 0 Å². The zero-order chi connectivity index (χ0) is 20.0. The Morgan fingerprint density at radius 2 is 1.93 bits per heavy atom. The Kier molecular flexibility index (Phi) is 7.01. The summed E-state index contributed by atoms with van der Waals surface area (Å²) in [5.41, 5.74) is 0.853. The molecule has 6 nitrogen and oxygen atoms in total. The van der Waals surface area contributed by atoms with Gasteiger partial charge in [-0.1, -0.05) is 36.4 Å². The minimum atomic E-state index is -3.45. The van der Waals surface area contributed by atoms with Crippen molar-refractivity contribution in [3.05, 3.63) is 63.7 Å². The van der Waals surface area contributed by atoms with Crippen LogP contribution in [0.4, 0.5) is 0 Å². The average molecular weight is 421 g/mol. The predicted molar refractivity (Wildman–Crippen MR) is 112 cm³/mol. The minimum Gasteiger partial charge on any atom is -0.346 e. The number of hydrogen-bond acceptors (Lipinski definition) is 4. The van der Waals surface area contributed by atoms with Gasteiger partial charge in [0.05, 0.1) is 32.7 Å². The molecule has 2 heterocycles. The molecule has 1 aromatic heterocycles. The zero-order valence-corrected chi connectivity index (χ0v) is 17.5. The molecular weight excluding hydrogens is 394 g/mol. The van der Waals surface area contributed by atoms with Crippen LogP contribution in [-0.2, 0) is 21.4 Å². The van der Waals surface area contributed by atoms with Gasteiger partial charge < -0.3 is 10.2 Å². The van der Waals surface area contributed by atoms with Gasteiger partial charge in [-0.2, -0.15) is 4.31 Å². The van der Waals surface area contributed by atoms with Crippen molar-refractivity contribution in [1.29, 1.82) is 0 Å². The van der Waals surface area contributed by atoms with Crippen molar-refractivity contribution < 1.29 is 18.1 Å². The van der Waals surface area contributed by atoms with E-state index in [1.54, 1.807) is 17.4 Å². The molecule has 1 aromatic carbocycles. The SMILES string of the molecule is C[C@H](C(=O)NCc1cccs1)[NH+]1CCN(S(=O)(=O)/C=C/c2ccccc2)CC1. The number of sulfonamides is 1. The molecule has 0 spiro atoms. The summed E-state index contributed by atoms with van der Waals surface area (Å²) < 4.78 is 26.6. The monoisotopic (exact) mass is 420 g/mol. The number of piperazine rings is 1. The first-order valence-electron chi connectivity index (χ1n) is 9.33. The number of amides is 1. The summed E-state index contributed by atoms with van der Waals surface area (Å²) in [7, 11) is -3.45. The van der Waals surface area contributed by atoms with E-state index in [-0.39, 0.29) is 11.9 Å². The quantitative estimate of drug-likeness (QED) is 0.701. The Morgan fingerprint density at radius 1 is 1.21 bits per heavy atom. The normalized spacial score (nSPS) is 17.6. The Hall–Kier alpha value is -2.00. The Balaban J connectivity index is 1.50. The van der Waals surface area contributed by atoms with Crippen LogP contribution in [0.5, 0.6) is 0 Å². The molecule has 0 unspecified atom stereocenters. The van der Waals surface area contributed by atoms with Crippen LogP contribution < -0.4 is 10.2 Å². The summed E-state index contributed by atoms with van der Waals surface area (Å²) >= 11 is 1.62. The third kappa shape index (κ3) is 5.51. The highest BCUT2D eigenvalue weighted by Gasteiger charge is 2.32. The summed E-state index contributed by atoms with van der Waals surface area (Å²) in [5, 5.41) is 6.23. The fraction of sp³-hybridized carbons (Fsp3) is 0.350. The lowest BCUT2D eigenvalue weighted by Gasteiger charge is -2.33. The zero-order valence-electron chi connectivity index (χ0n) is 15.9. The number of nitrogens with one attached hydrogen (secondary N) is 2. The van der Waals surface area contributed by atoms with Crippen LogP contribution in [0.25, 0.3) is 6.08 Å². The number of benzene rings is 1. The van der Waals surface area contributed by atoms with E-state index >= 15 is 0 Å². The number of thiophene rings is 1. The topological polar surface area (TPSA) is 70.9 Å². The number of quaternary nitrogens is 1. The first-order chi connectivity index (χ1) is 13.5. The lowest BCUT2D eigenvalue weighted by molar-refractivity contribution is -0.917. The molecule has 2 N–H and O–H groups in total. The highest BCUT2D eigenvalue weighted by molar-refractivity contribution is 7.92. The molecule has 8 heteroatoms. The second kappa shape index (κ2) is 9.47. The molecular formula is C20H26N3O3S2+. The molecule has 0 radical (unpaired) electrons. The summed E-state index contributed by atoms with van der Waals surface area (Å²) in [4.78, 5) is 14.6. The van der Waals surface area contributed by atoms with Crippen molar-refractivity contribution in [2.75, 3.05) is 26.2 Å². The predicted octanol–water partition coefficient (Wildman–Crippen LogP) is 0.954. The molecule has 1 saturated heterocycles. The van der Waals surface area contributed by atoms with Gasteiger partial charge >= 0.3 is 0 Å². The molecule has 28 heavy (non-hydrogen) atoms. The van der Waals surface area contributed by atoms with Crippen LogP contribution in [0.1, 0.15) is 17.4 Å². The van der Waals surface area contributed by atoms with Gasteiger partial charge in [0.15, 0.2) is 6.04 Å². The summed E-state index contributed by atoms with van der Waals surface area (Å²) in [6, 6.07) is 13.1. The molecule has 0 aliphatic carbocycles. The molecule has 1 fully saturated rings. The number of hydrogen-bond donors (Lipinski definition) is 2. The first-order valence-corrected chi connectivity index (χ1v) is 11.7. The van der Waals surface area contributed by atoms with Gasteiger partial charge in [-0.3, -0.25) is 4.79 Å². The molecule has 0 bridgehead atoms.